The van der Waals surface area contributed by atoms with Crippen molar-refractivity contribution in [1.82, 2.24) is 14.8 Å². The fourth-order valence-electron chi connectivity index (χ4n) is 2.58. The average Bonchev–Trinajstić information content (AvgIpc) is 3.11. The zero-order valence-electron chi connectivity index (χ0n) is 15.8. The number of nitrogens with zero attached hydrogens (tertiary/aromatic N) is 3. The molecule has 1 N–H and O–H groups in total. The van der Waals surface area contributed by atoms with E-state index in [2.05, 4.69) is 38.1 Å². The number of rotatable bonds is 9. The van der Waals surface area contributed by atoms with Crippen molar-refractivity contribution >= 4 is 57.7 Å². The molecule has 2 aromatic carbocycles. The van der Waals surface area contributed by atoms with Crippen molar-refractivity contribution < 1.29 is 9.18 Å². The van der Waals surface area contributed by atoms with E-state index in [1.807, 2.05) is 41.8 Å². The lowest BCUT2D eigenvalue weighted by Gasteiger charge is -2.08. The summed E-state index contributed by atoms with van der Waals surface area (Å²) in [6.45, 7) is 2.73. The van der Waals surface area contributed by atoms with E-state index in [9.17, 15) is 9.18 Å². The fourth-order valence-corrected chi connectivity index (χ4v) is 4.71. The van der Waals surface area contributed by atoms with Crippen molar-refractivity contribution in [2.75, 3.05) is 11.1 Å². The number of hydrogen-bond acceptors (Lipinski definition) is 5. The first-order valence-corrected chi connectivity index (χ1v) is 12.2. The van der Waals surface area contributed by atoms with Crippen molar-refractivity contribution in [1.29, 1.82) is 0 Å². The highest BCUT2D eigenvalue weighted by Crippen LogP contribution is 2.23. The van der Waals surface area contributed by atoms with Crippen LogP contribution in [0.1, 0.15) is 18.3 Å². The predicted molar refractivity (Wildman–Crippen MR) is 126 cm³/mol. The van der Waals surface area contributed by atoms with E-state index in [0.717, 1.165) is 15.1 Å². The highest BCUT2D eigenvalue weighted by atomic mass is 127. The average molecular weight is 542 g/mol. The lowest BCUT2D eigenvalue weighted by atomic mass is 10.2. The zero-order valence-corrected chi connectivity index (χ0v) is 19.6. The van der Waals surface area contributed by atoms with Gasteiger partial charge in [0, 0.05) is 21.6 Å². The van der Waals surface area contributed by atoms with E-state index >= 15 is 0 Å². The first-order chi connectivity index (χ1) is 14.1. The minimum Gasteiger partial charge on any atom is -0.325 e. The standard InChI is InChI=1S/C20H20FIN4OS2/c1-2-26-18(12-28-11-14-5-3-4-6-17(14)21)24-25-20(26)29-13-19(27)23-16-9-7-15(22)8-10-16/h3-10H,2,11-13H2,1H3,(H,23,27). The normalized spacial score (nSPS) is 10.9. The molecule has 1 aromatic heterocycles. The summed E-state index contributed by atoms with van der Waals surface area (Å²) in [5.74, 6) is 2.01. The van der Waals surface area contributed by atoms with Gasteiger partial charge in [0.2, 0.25) is 5.91 Å². The molecule has 152 valence electrons. The van der Waals surface area contributed by atoms with Gasteiger partial charge < -0.3 is 9.88 Å². The minimum atomic E-state index is -0.188. The number of nitrogens with one attached hydrogen (secondary N) is 1. The van der Waals surface area contributed by atoms with Crippen LogP contribution in [0.15, 0.2) is 53.7 Å². The summed E-state index contributed by atoms with van der Waals surface area (Å²) in [7, 11) is 0. The monoisotopic (exact) mass is 542 g/mol. The number of carbonyl (C=O) groups excluding carboxylic acids is 1. The van der Waals surface area contributed by atoms with E-state index in [-0.39, 0.29) is 17.5 Å². The molecule has 1 heterocycles. The Morgan fingerprint density at radius 2 is 1.90 bits per heavy atom. The summed E-state index contributed by atoms with van der Waals surface area (Å²) in [6, 6.07) is 14.4. The Balaban J connectivity index is 1.52. The molecule has 1 amide bonds. The smallest absolute Gasteiger partial charge is 0.234 e. The topological polar surface area (TPSA) is 59.8 Å². The van der Waals surface area contributed by atoms with E-state index in [1.54, 1.807) is 23.9 Å². The van der Waals surface area contributed by atoms with Gasteiger partial charge in [0.05, 0.1) is 11.5 Å². The molecule has 0 aliphatic heterocycles. The third-order valence-electron chi connectivity index (χ3n) is 4.02. The van der Waals surface area contributed by atoms with Gasteiger partial charge in [-0.15, -0.1) is 22.0 Å². The molecule has 0 saturated heterocycles. The molecule has 0 aliphatic carbocycles. The largest absolute Gasteiger partial charge is 0.325 e. The number of amides is 1. The molecule has 0 bridgehead atoms. The van der Waals surface area contributed by atoms with Crippen molar-refractivity contribution in [2.45, 2.75) is 30.1 Å². The van der Waals surface area contributed by atoms with Gasteiger partial charge >= 0.3 is 0 Å². The van der Waals surface area contributed by atoms with Crippen molar-refractivity contribution in [3.63, 3.8) is 0 Å². The Morgan fingerprint density at radius 3 is 2.62 bits per heavy atom. The first-order valence-electron chi connectivity index (χ1n) is 8.98. The van der Waals surface area contributed by atoms with Crippen LogP contribution in [0, 0.1) is 9.39 Å². The van der Waals surface area contributed by atoms with Gasteiger partial charge in [-0.2, -0.15) is 0 Å². The maximum absolute atomic E-state index is 13.7. The molecule has 0 atom stereocenters. The Kier molecular flexibility index (Phi) is 8.37. The fraction of sp³-hybridized carbons (Fsp3) is 0.250. The Hall–Kier alpha value is -1.59. The summed E-state index contributed by atoms with van der Waals surface area (Å²) in [6.07, 6.45) is 0. The summed E-state index contributed by atoms with van der Waals surface area (Å²) in [5.41, 5.74) is 1.46. The van der Waals surface area contributed by atoms with Gasteiger partial charge in [-0.05, 0) is 65.4 Å². The van der Waals surface area contributed by atoms with Crippen LogP contribution < -0.4 is 5.32 Å². The van der Waals surface area contributed by atoms with Gasteiger partial charge in [0.25, 0.3) is 0 Å². The third-order valence-corrected chi connectivity index (χ3v) is 6.68. The van der Waals surface area contributed by atoms with Crippen LogP contribution in [-0.4, -0.2) is 26.4 Å². The molecule has 9 heteroatoms. The van der Waals surface area contributed by atoms with E-state index in [1.165, 1.54) is 17.8 Å². The summed E-state index contributed by atoms with van der Waals surface area (Å²) in [4.78, 5) is 12.2. The number of anilines is 1. The molecular formula is C20H20FIN4OS2. The van der Waals surface area contributed by atoms with Gasteiger partial charge in [0.15, 0.2) is 5.16 Å². The van der Waals surface area contributed by atoms with Crippen molar-refractivity contribution in [3.8, 4) is 0 Å². The minimum absolute atomic E-state index is 0.0858. The number of halogens is 2. The number of thioether (sulfide) groups is 2. The van der Waals surface area contributed by atoms with Gasteiger partial charge in [0.1, 0.15) is 11.6 Å². The second kappa shape index (κ2) is 11.0. The van der Waals surface area contributed by atoms with Crippen LogP contribution >= 0.6 is 46.1 Å². The van der Waals surface area contributed by atoms with Gasteiger partial charge in [-0.3, -0.25) is 4.79 Å². The van der Waals surface area contributed by atoms with Crippen molar-refractivity contribution in [2.24, 2.45) is 0 Å². The number of hydrogen-bond donors (Lipinski definition) is 1. The molecular weight excluding hydrogens is 522 g/mol. The van der Waals surface area contributed by atoms with Crippen LogP contribution in [0.2, 0.25) is 0 Å². The zero-order chi connectivity index (χ0) is 20.6. The second-order valence-corrected chi connectivity index (χ2v) is 9.24. The summed E-state index contributed by atoms with van der Waals surface area (Å²) >= 11 is 5.18. The van der Waals surface area contributed by atoms with Gasteiger partial charge in [-0.25, -0.2) is 4.39 Å². The maximum Gasteiger partial charge on any atom is 0.234 e. The molecule has 0 spiro atoms. The van der Waals surface area contributed by atoms with Crippen molar-refractivity contribution in [3.05, 3.63) is 69.3 Å². The number of aromatic nitrogens is 3. The van der Waals surface area contributed by atoms with E-state index in [4.69, 9.17) is 0 Å². The highest BCUT2D eigenvalue weighted by Gasteiger charge is 2.14. The molecule has 29 heavy (non-hydrogen) atoms. The molecule has 0 aliphatic rings. The van der Waals surface area contributed by atoms with Crippen LogP contribution in [-0.2, 0) is 22.8 Å². The summed E-state index contributed by atoms with van der Waals surface area (Å²) in [5, 5.41) is 12.1. The maximum atomic E-state index is 13.7. The molecule has 3 aromatic rings. The molecule has 0 saturated carbocycles. The molecule has 0 unspecified atom stereocenters. The highest BCUT2D eigenvalue weighted by molar-refractivity contribution is 14.1. The molecule has 0 radical (unpaired) electrons. The Morgan fingerprint density at radius 1 is 1.14 bits per heavy atom. The predicted octanol–water partition coefficient (Wildman–Crippen LogP) is 5.21. The Bertz CT molecular complexity index is 965. The van der Waals surface area contributed by atoms with Gasteiger partial charge in [-0.1, -0.05) is 30.0 Å². The lowest BCUT2D eigenvalue weighted by molar-refractivity contribution is -0.113. The second-order valence-electron chi connectivity index (χ2n) is 6.07. The first kappa shape index (κ1) is 22.1. The Labute approximate surface area is 191 Å². The molecule has 0 fully saturated rings. The van der Waals surface area contributed by atoms with E-state index < -0.39 is 0 Å². The molecule has 5 nitrogen and oxygen atoms in total. The third kappa shape index (κ3) is 6.45. The van der Waals surface area contributed by atoms with Crippen LogP contribution in [0.3, 0.4) is 0 Å². The van der Waals surface area contributed by atoms with Crippen LogP contribution in [0.5, 0.6) is 0 Å². The SMILES string of the molecule is CCn1c(CSCc2ccccc2F)nnc1SCC(=O)Nc1ccc(I)cc1. The van der Waals surface area contributed by atoms with E-state index in [0.29, 0.717) is 28.8 Å². The van der Waals surface area contributed by atoms with Crippen LogP contribution in [0.4, 0.5) is 10.1 Å². The quantitative estimate of drug-likeness (QED) is 0.298. The molecule has 3 rings (SSSR count). The number of benzene rings is 2. The number of carbonyl (C=O) groups is 1. The summed E-state index contributed by atoms with van der Waals surface area (Å²) < 4.78 is 16.8. The van der Waals surface area contributed by atoms with Crippen LogP contribution in [0.25, 0.3) is 0 Å². The lowest BCUT2D eigenvalue weighted by Crippen LogP contribution is -2.14.